The maximum Gasteiger partial charge on any atom is 0.307 e. The molecular weight excluding hydrogens is 460 g/mol. The van der Waals surface area contributed by atoms with Crippen LogP contribution in [0.2, 0.25) is 0 Å². The molecule has 1 atom stereocenters. The molecule has 5 heteroatoms. The lowest BCUT2D eigenvalue weighted by atomic mass is 10.1. The van der Waals surface area contributed by atoms with E-state index >= 15 is 0 Å². The summed E-state index contributed by atoms with van der Waals surface area (Å²) in [6, 6.07) is 10.2. The number of hydrogen-bond acceptors (Lipinski definition) is 5. The van der Waals surface area contributed by atoms with Crippen LogP contribution in [-0.4, -0.2) is 35.5 Å². The SMILES string of the molecule is C#CCCCCCc1coc(-c2ccccc2)n1.CC.CC.CC/C=C\N(CC)C(CC)CC(=O)OC. The quantitative estimate of drug-likeness (QED) is 0.153. The molecule has 0 spiro atoms. The van der Waals surface area contributed by atoms with Gasteiger partial charge in [-0.1, -0.05) is 72.2 Å². The van der Waals surface area contributed by atoms with Gasteiger partial charge < -0.3 is 14.1 Å². The van der Waals surface area contributed by atoms with Crippen molar-refractivity contribution in [2.45, 2.75) is 106 Å². The summed E-state index contributed by atoms with van der Waals surface area (Å²) in [5.41, 5.74) is 2.05. The molecule has 2 rings (SSSR count). The highest BCUT2D eigenvalue weighted by Gasteiger charge is 2.16. The van der Waals surface area contributed by atoms with Gasteiger partial charge >= 0.3 is 5.97 Å². The molecule has 0 fully saturated rings. The first-order valence-electron chi connectivity index (χ1n) is 14.0. The van der Waals surface area contributed by atoms with Gasteiger partial charge in [0.25, 0.3) is 0 Å². The molecule has 208 valence electrons. The minimum absolute atomic E-state index is 0.134. The number of hydrogen-bond donors (Lipinski definition) is 0. The molecule has 0 saturated carbocycles. The zero-order valence-corrected chi connectivity index (χ0v) is 24.8. The molecule has 0 aliphatic heterocycles. The molecule has 0 radical (unpaired) electrons. The molecule has 1 unspecified atom stereocenters. The number of rotatable bonds is 13. The van der Waals surface area contributed by atoms with Gasteiger partial charge in [0.15, 0.2) is 0 Å². The number of allylic oxidation sites excluding steroid dienone is 1. The number of carbonyl (C=O) groups is 1. The van der Waals surface area contributed by atoms with Crippen LogP contribution in [0.1, 0.15) is 99.1 Å². The molecule has 5 nitrogen and oxygen atoms in total. The lowest BCUT2D eigenvalue weighted by Gasteiger charge is -2.28. The van der Waals surface area contributed by atoms with E-state index in [4.69, 9.17) is 15.6 Å². The average Bonchev–Trinajstić information content (AvgIpc) is 3.44. The number of methoxy groups -OCH3 is 1. The number of ether oxygens (including phenoxy) is 1. The predicted octanol–water partition coefficient (Wildman–Crippen LogP) is 8.70. The highest BCUT2D eigenvalue weighted by Crippen LogP contribution is 2.19. The van der Waals surface area contributed by atoms with Gasteiger partial charge in [-0.2, -0.15) is 0 Å². The van der Waals surface area contributed by atoms with Crippen molar-refractivity contribution < 1.29 is 13.9 Å². The molecular formula is C32H52N2O3. The largest absolute Gasteiger partial charge is 0.469 e. The maximum atomic E-state index is 11.2. The number of aromatic nitrogens is 1. The van der Waals surface area contributed by atoms with E-state index in [1.54, 1.807) is 6.26 Å². The van der Waals surface area contributed by atoms with Crippen molar-refractivity contribution in [1.29, 1.82) is 0 Å². The van der Waals surface area contributed by atoms with Crippen LogP contribution in [0, 0.1) is 12.3 Å². The van der Waals surface area contributed by atoms with Crippen molar-refractivity contribution in [3.63, 3.8) is 0 Å². The van der Waals surface area contributed by atoms with E-state index in [1.807, 2.05) is 58.0 Å². The second-order valence-corrected chi connectivity index (χ2v) is 7.74. The Morgan fingerprint density at radius 1 is 1.11 bits per heavy atom. The first-order valence-corrected chi connectivity index (χ1v) is 14.0. The van der Waals surface area contributed by atoms with Gasteiger partial charge in [0.1, 0.15) is 6.26 Å². The Balaban J connectivity index is 0. The lowest BCUT2D eigenvalue weighted by molar-refractivity contribution is -0.141. The number of carbonyl (C=O) groups excluding carboxylic acids is 1. The number of aryl methyl sites for hydroxylation is 1. The smallest absolute Gasteiger partial charge is 0.307 e. The Morgan fingerprint density at radius 3 is 2.32 bits per heavy atom. The summed E-state index contributed by atoms with van der Waals surface area (Å²) in [6.45, 7) is 15.2. The summed E-state index contributed by atoms with van der Waals surface area (Å²) >= 11 is 0. The van der Waals surface area contributed by atoms with Crippen molar-refractivity contribution >= 4 is 5.97 Å². The van der Waals surface area contributed by atoms with E-state index in [2.05, 4.69) is 48.9 Å². The van der Waals surface area contributed by atoms with Crippen LogP contribution < -0.4 is 0 Å². The van der Waals surface area contributed by atoms with Gasteiger partial charge in [-0.05, 0) is 57.4 Å². The highest BCUT2D eigenvalue weighted by molar-refractivity contribution is 5.69. The molecule has 37 heavy (non-hydrogen) atoms. The summed E-state index contributed by atoms with van der Waals surface area (Å²) < 4.78 is 10.2. The van der Waals surface area contributed by atoms with Crippen LogP contribution in [-0.2, 0) is 16.0 Å². The summed E-state index contributed by atoms with van der Waals surface area (Å²) in [7, 11) is 1.44. The normalized spacial score (nSPS) is 10.5. The second kappa shape index (κ2) is 26.1. The number of terminal acetylenes is 1. The average molecular weight is 513 g/mol. The molecule has 1 aromatic heterocycles. The maximum absolute atomic E-state index is 11.2. The van der Waals surface area contributed by atoms with Gasteiger partial charge in [0.05, 0.1) is 19.2 Å². The zero-order chi connectivity index (χ0) is 28.3. The topological polar surface area (TPSA) is 55.6 Å². The van der Waals surface area contributed by atoms with Gasteiger partial charge in [0.2, 0.25) is 5.89 Å². The standard InChI is InChI=1S/C16H17NO.C12H23NO2.2C2H6/c1-2-3-4-5-9-12-15-13-18-16(17-15)14-10-7-6-8-11-14;1-5-8-9-13(7-3)11(6-2)10-12(14)15-4;2*1-2/h1,6-8,10-11,13H,3-5,9,12H2;8-9,11H,5-7,10H2,1-4H3;2*1-2H3/b;9-8-;;. The molecule has 0 aliphatic carbocycles. The fourth-order valence-electron chi connectivity index (χ4n) is 3.34. The Kier molecular flexibility index (Phi) is 25.5. The van der Waals surface area contributed by atoms with Crippen LogP contribution in [0.4, 0.5) is 0 Å². The van der Waals surface area contributed by atoms with Gasteiger partial charge in [-0.15, -0.1) is 12.3 Å². The molecule has 1 aromatic carbocycles. The Bertz CT molecular complexity index is 837. The van der Waals surface area contributed by atoms with E-state index in [0.717, 1.165) is 62.7 Å². The van der Waals surface area contributed by atoms with Crippen molar-refractivity contribution in [1.82, 2.24) is 9.88 Å². The Labute approximate surface area is 227 Å². The third kappa shape index (κ3) is 17.2. The molecule has 0 saturated heterocycles. The first kappa shape index (κ1) is 36.2. The van der Waals surface area contributed by atoms with Crippen LogP contribution >= 0.6 is 0 Å². The summed E-state index contributed by atoms with van der Waals surface area (Å²) in [4.78, 5) is 17.9. The second-order valence-electron chi connectivity index (χ2n) is 7.74. The van der Waals surface area contributed by atoms with Gasteiger partial charge in [-0.25, -0.2) is 4.98 Å². The van der Waals surface area contributed by atoms with Gasteiger partial charge in [-0.3, -0.25) is 4.79 Å². The highest BCUT2D eigenvalue weighted by atomic mass is 16.5. The number of unbranched alkanes of at least 4 members (excludes halogenated alkanes) is 3. The van der Waals surface area contributed by atoms with Crippen molar-refractivity contribution in [2.75, 3.05) is 13.7 Å². The molecule has 1 heterocycles. The van der Waals surface area contributed by atoms with Crippen LogP contribution in [0.15, 0.2) is 53.3 Å². The van der Waals surface area contributed by atoms with Crippen molar-refractivity contribution in [3.05, 3.63) is 54.6 Å². The van der Waals surface area contributed by atoms with Gasteiger partial charge in [0, 0.05) is 24.6 Å². The first-order chi connectivity index (χ1) is 18.1. The van der Waals surface area contributed by atoms with Crippen LogP contribution in [0.5, 0.6) is 0 Å². The molecule has 0 N–H and O–H groups in total. The van der Waals surface area contributed by atoms with E-state index in [9.17, 15) is 4.79 Å². The van der Waals surface area contributed by atoms with E-state index in [1.165, 1.54) is 7.11 Å². The third-order valence-electron chi connectivity index (χ3n) is 5.29. The molecule has 0 bridgehead atoms. The fraction of sp³-hybridized carbons (Fsp3) is 0.562. The zero-order valence-electron chi connectivity index (χ0n) is 24.8. The fourth-order valence-corrected chi connectivity index (χ4v) is 3.34. The third-order valence-corrected chi connectivity index (χ3v) is 5.29. The minimum Gasteiger partial charge on any atom is -0.469 e. The Hall–Kier alpha value is -3.00. The van der Waals surface area contributed by atoms with E-state index < -0.39 is 0 Å². The number of oxazole rings is 1. The number of nitrogens with zero attached hydrogens (tertiary/aromatic N) is 2. The summed E-state index contributed by atoms with van der Waals surface area (Å²) in [5.74, 6) is 3.23. The van der Waals surface area contributed by atoms with E-state index in [-0.39, 0.29) is 12.0 Å². The lowest BCUT2D eigenvalue weighted by Crippen LogP contribution is -2.32. The summed E-state index contributed by atoms with van der Waals surface area (Å²) in [5, 5.41) is 0. The summed E-state index contributed by atoms with van der Waals surface area (Å²) in [6.07, 6.45) is 18.8. The van der Waals surface area contributed by atoms with Crippen molar-refractivity contribution in [2.24, 2.45) is 0 Å². The Morgan fingerprint density at radius 2 is 1.78 bits per heavy atom. The van der Waals surface area contributed by atoms with Crippen LogP contribution in [0.3, 0.4) is 0 Å². The van der Waals surface area contributed by atoms with E-state index in [0.29, 0.717) is 12.3 Å². The minimum atomic E-state index is -0.134. The number of benzene rings is 1. The van der Waals surface area contributed by atoms with Crippen LogP contribution in [0.25, 0.3) is 11.5 Å². The molecule has 2 aromatic rings. The van der Waals surface area contributed by atoms with Crippen molar-refractivity contribution in [3.8, 4) is 23.8 Å². The predicted molar refractivity (Wildman–Crippen MR) is 158 cm³/mol. The molecule has 0 aliphatic rings. The monoisotopic (exact) mass is 512 g/mol. The molecule has 0 amide bonds. The number of esters is 1.